The van der Waals surface area contributed by atoms with Gasteiger partial charge in [0.25, 0.3) is 0 Å². The van der Waals surface area contributed by atoms with Crippen molar-refractivity contribution < 1.29 is 19.0 Å². The highest BCUT2D eigenvalue weighted by atomic mass is 16.5. The van der Waals surface area contributed by atoms with Gasteiger partial charge >= 0.3 is 0 Å². The van der Waals surface area contributed by atoms with Crippen LogP contribution in [0.15, 0.2) is 18.3 Å². The summed E-state index contributed by atoms with van der Waals surface area (Å²) < 4.78 is 16.2. The Morgan fingerprint density at radius 1 is 1.04 bits per heavy atom. The second-order valence-corrected chi connectivity index (χ2v) is 5.53. The number of pyridine rings is 1. The van der Waals surface area contributed by atoms with Gasteiger partial charge in [0.1, 0.15) is 0 Å². The number of ketones is 1. The van der Waals surface area contributed by atoms with E-state index in [1.54, 1.807) is 32.5 Å². The number of carbonyl (C=O) groups is 1. The Morgan fingerprint density at radius 2 is 1.67 bits per heavy atom. The Hall–Kier alpha value is -2.56. The predicted octanol–water partition coefficient (Wildman–Crippen LogP) is 3.65. The van der Waals surface area contributed by atoms with Crippen molar-refractivity contribution in [1.29, 1.82) is 0 Å². The minimum atomic E-state index is -0.134. The molecule has 5 heteroatoms. The van der Waals surface area contributed by atoms with E-state index < -0.39 is 0 Å². The summed E-state index contributed by atoms with van der Waals surface area (Å²) in [4.78, 5) is 17.5. The summed E-state index contributed by atoms with van der Waals surface area (Å²) in [5.41, 5.74) is 3.66. The lowest BCUT2D eigenvalue weighted by atomic mass is 9.94. The maximum absolute atomic E-state index is 13.2. The standard InChI is InChI=1S/C19H23NO4/c1-7-24-19-17(13(4)12(3)10-20-19)18(21)14-9-16(23-6)15(22-5)8-11(14)2/h8-10H,7H2,1-6H3. The van der Waals surface area contributed by atoms with Crippen LogP contribution in [-0.4, -0.2) is 31.6 Å². The molecule has 0 aliphatic rings. The van der Waals surface area contributed by atoms with Crippen molar-refractivity contribution in [1.82, 2.24) is 4.98 Å². The number of hydrogen-bond donors (Lipinski definition) is 0. The fourth-order valence-corrected chi connectivity index (χ4v) is 2.55. The van der Waals surface area contributed by atoms with Crippen molar-refractivity contribution in [3.8, 4) is 17.4 Å². The minimum Gasteiger partial charge on any atom is -0.493 e. The van der Waals surface area contributed by atoms with Crippen LogP contribution < -0.4 is 14.2 Å². The second-order valence-electron chi connectivity index (χ2n) is 5.53. The van der Waals surface area contributed by atoms with Crippen LogP contribution in [0.5, 0.6) is 17.4 Å². The van der Waals surface area contributed by atoms with Crippen LogP contribution in [0.3, 0.4) is 0 Å². The van der Waals surface area contributed by atoms with Gasteiger partial charge in [-0.05, 0) is 56.5 Å². The van der Waals surface area contributed by atoms with Crippen molar-refractivity contribution in [3.05, 3.63) is 46.1 Å². The van der Waals surface area contributed by atoms with Gasteiger partial charge in [0, 0.05) is 11.8 Å². The Bertz CT molecular complexity index is 768. The molecule has 0 spiro atoms. The van der Waals surface area contributed by atoms with E-state index in [9.17, 15) is 4.79 Å². The monoisotopic (exact) mass is 329 g/mol. The van der Waals surface area contributed by atoms with Crippen LogP contribution in [-0.2, 0) is 0 Å². The summed E-state index contributed by atoms with van der Waals surface area (Å²) in [6, 6.07) is 3.50. The molecule has 0 amide bonds. The minimum absolute atomic E-state index is 0.134. The van der Waals surface area contributed by atoms with Crippen molar-refractivity contribution in [2.24, 2.45) is 0 Å². The summed E-state index contributed by atoms with van der Waals surface area (Å²) in [6.45, 7) is 8.01. The van der Waals surface area contributed by atoms with E-state index in [4.69, 9.17) is 14.2 Å². The highest BCUT2D eigenvalue weighted by molar-refractivity contribution is 6.12. The average molecular weight is 329 g/mol. The van der Waals surface area contributed by atoms with E-state index in [1.807, 2.05) is 27.7 Å². The lowest BCUT2D eigenvalue weighted by molar-refractivity contribution is 0.103. The van der Waals surface area contributed by atoms with Crippen LogP contribution in [0.2, 0.25) is 0 Å². The average Bonchev–Trinajstić information content (AvgIpc) is 2.57. The molecule has 0 radical (unpaired) electrons. The normalized spacial score (nSPS) is 10.4. The number of rotatable bonds is 6. The SMILES string of the molecule is CCOc1ncc(C)c(C)c1C(=O)c1cc(OC)c(OC)cc1C. The van der Waals surface area contributed by atoms with Gasteiger partial charge in [0.05, 0.1) is 26.4 Å². The molecule has 0 unspecified atom stereocenters. The van der Waals surface area contributed by atoms with Crippen LogP contribution in [0.25, 0.3) is 0 Å². The summed E-state index contributed by atoms with van der Waals surface area (Å²) in [5, 5.41) is 0. The molecule has 1 aromatic heterocycles. The predicted molar refractivity (Wildman–Crippen MR) is 92.6 cm³/mol. The van der Waals surface area contributed by atoms with E-state index in [2.05, 4.69) is 4.98 Å². The fourth-order valence-electron chi connectivity index (χ4n) is 2.55. The number of carbonyl (C=O) groups excluding carboxylic acids is 1. The third-order valence-corrected chi connectivity index (χ3v) is 4.04. The van der Waals surface area contributed by atoms with Crippen molar-refractivity contribution in [3.63, 3.8) is 0 Å². The molecule has 24 heavy (non-hydrogen) atoms. The van der Waals surface area contributed by atoms with Gasteiger partial charge in [0.2, 0.25) is 5.88 Å². The molecule has 0 aliphatic heterocycles. The summed E-state index contributed by atoms with van der Waals surface area (Å²) in [7, 11) is 3.12. The summed E-state index contributed by atoms with van der Waals surface area (Å²) in [6.07, 6.45) is 1.72. The zero-order valence-corrected chi connectivity index (χ0v) is 15.0. The maximum Gasteiger partial charge on any atom is 0.225 e. The molecule has 0 saturated heterocycles. The van der Waals surface area contributed by atoms with Gasteiger partial charge in [-0.15, -0.1) is 0 Å². The van der Waals surface area contributed by atoms with E-state index in [0.717, 1.165) is 16.7 Å². The smallest absolute Gasteiger partial charge is 0.225 e. The number of aromatic nitrogens is 1. The third-order valence-electron chi connectivity index (χ3n) is 4.04. The first-order valence-electron chi connectivity index (χ1n) is 7.80. The topological polar surface area (TPSA) is 57.7 Å². The zero-order valence-electron chi connectivity index (χ0n) is 15.0. The maximum atomic E-state index is 13.2. The number of aryl methyl sites for hydroxylation is 2. The largest absolute Gasteiger partial charge is 0.493 e. The molecule has 2 aromatic rings. The van der Waals surface area contributed by atoms with Crippen molar-refractivity contribution in [2.45, 2.75) is 27.7 Å². The van der Waals surface area contributed by atoms with E-state index in [0.29, 0.717) is 35.1 Å². The molecule has 0 atom stereocenters. The summed E-state index contributed by atoms with van der Waals surface area (Å²) in [5.74, 6) is 1.34. The number of hydrogen-bond acceptors (Lipinski definition) is 5. The van der Waals surface area contributed by atoms with Crippen molar-refractivity contribution >= 4 is 5.78 Å². The zero-order chi connectivity index (χ0) is 17.9. The van der Waals surface area contributed by atoms with Gasteiger partial charge in [-0.25, -0.2) is 4.98 Å². The molecule has 1 aromatic carbocycles. The Labute approximate surface area is 142 Å². The van der Waals surface area contributed by atoms with Gasteiger partial charge in [-0.2, -0.15) is 0 Å². The molecule has 0 saturated carbocycles. The first kappa shape index (κ1) is 17.8. The second kappa shape index (κ2) is 7.34. The highest BCUT2D eigenvalue weighted by Gasteiger charge is 2.23. The number of methoxy groups -OCH3 is 2. The van der Waals surface area contributed by atoms with Gasteiger partial charge in [-0.1, -0.05) is 0 Å². The molecule has 128 valence electrons. The van der Waals surface area contributed by atoms with Gasteiger partial charge < -0.3 is 14.2 Å². The van der Waals surface area contributed by atoms with Crippen LogP contribution in [0, 0.1) is 20.8 Å². The lowest BCUT2D eigenvalue weighted by Crippen LogP contribution is -2.12. The number of benzene rings is 1. The first-order chi connectivity index (χ1) is 11.4. The van der Waals surface area contributed by atoms with Crippen LogP contribution >= 0.6 is 0 Å². The van der Waals surface area contributed by atoms with Gasteiger partial charge in [-0.3, -0.25) is 4.79 Å². The van der Waals surface area contributed by atoms with Crippen LogP contribution in [0.1, 0.15) is 39.5 Å². The molecular weight excluding hydrogens is 306 g/mol. The molecular formula is C19H23NO4. The van der Waals surface area contributed by atoms with Gasteiger partial charge in [0.15, 0.2) is 17.3 Å². The molecule has 5 nitrogen and oxygen atoms in total. The molecule has 0 aliphatic carbocycles. The Kier molecular flexibility index (Phi) is 5.44. The Morgan fingerprint density at radius 3 is 2.25 bits per heavy atom. The quantitative estimate of drug-likeness (QED) is 0.757. The fraction of sp³-hybridized carbons (Fsp3) is 0.368. The van der Waals surface area contributed by atoms with E-state index >= 15 is 0 Å². The third kappa shape index (κ3) is 3.20. The first-order valence-corrected chi connectivity index (χ1v) is 7.80. The molecule has 0 N–H and O–H groups in total. The highest BCUT2D eigenvalue weighted by Crippen LogP contribution is 2.33. The summed E-state index contributed by atoms with van der Waals surface area (Å²) >= 11 is 0. The van der Waals surface area contributed by atoms with Crippen LogP contribution in [0.4, 0.5) is 0 Å². The molecule has 0 fully saturated rings. The van der Waals surface area contributed by atoms with E-state index in [-0.39, 0.29) is 5.78 Å². The van der Waals surface area contributed by atoms with Crippen molar-refractivity contribution in [2.75, 3.05) is 20.8 Å². The molecule has 0 bridgehead atoms. The molecule has 1 heterocycles. The lowest BCUT2D eigenvalue weighted by Gasteiger charge is -2.16. The number of ether oxygens (including phenoxy) is 3. The molecule has 2 rings (SSSR count). The number of nitrogens with zero attached hydrogens (tertiary/aromatic N) is 1. The Balaban J connectivity index is 2.63. The van der Waals surface area contributed by atoms with E-state index in [1.165, 1.54) is 0 Å².